The number of benzene rings is 2. The monoisotopic (exact) mass is 259 g/mol. The maximum Gasteiger partial charge on any atom is 0.123 e. The quantitative estimate of drug-likeness (QED) is 0.894. The molecule has 0 saturated heterocycles. The number of halogens is 1. The summed E-state index contributed by atoms with van der Waals surface area (Å²) in [5.74, 6) is 0.802. The van der Waals surface area contributed by atoms with Crippen LogP contribution in [0.15, 0.2) is 48.5 Å². The largest absolute Gasteiger partial charge is 0.497 e. The highest BCUT2D eigenvalue weighted by Gasteiger charge is 2.13. The van der Waals surface area contributed by atoms with Gasteiger partial charge in [-0.05, 0) is 48.4 Å². The molecule has 0 aliphatic rings. The Labute approximate surface area is 113 Å². The molecule has 0 aliphatic heterocycles. The van der Waals surface area contributed by atoms with Crippen molar-refractivity contribution in [1.29, 1.82) is 0 Å². The fourth-order valence-electron chi connectivity index (χ4n) is 2.22. The SMILES string of the molecule is COc1ccc(C(CCN)c2ccc(F)cc2)cc1. The lowest BCUT2D eigenvalue weighted by molar-refractivity contribution is 0.414. The van der Waals surface area contributed by atoms with Crippen LogP contribution in [0.2, 0.25) is 0 Å². The molecule has 2 nitrogen and oxygen atoms in total. The molecule has 3 heteroatoms. The van der Waals surface area contributed by atoms with Gasteiger partial charge in [0.05, 0.1) is 7.11 Å². The van der Waals surface area contributed by atoms with Gasteiger partial charge in [0.15, 0.2) is 0 Å². The number of ether oxygens (including phenoxy) is 1. The molecule has 1 unspecified atom stereocenters. The minimum absolute atomic E-state index is 0.191. The summed E-state index contributed by atoms with van der Waals surface area (Å²) >= 11 is 0. The van der Waals surface area contributed by atoms with Gasteiger partial charge in [-0.25, -0.2) is 4.39 Å². The molecule has 0 spiro atoms. The average molecular weight is 259 g/mol. The smallest absolute Gasteiger partial charge is 0.123 e. The van der Waals surface area contributed by atoms with Gasteiger partial charge < -0.3 is 10.5 Å². The van der Waals surface area contributed by atoms with Gasteiger partial charge >= 0.3 is 0 Å². The first-order valence-corrected chi connectivity index (χ1v) is 6.34. The molecular formula is C16H18FNO. The first-order valence-electron chi connectivity index (χ1n) is 6.34. The molecule has 2 rings (SSSR count). The van der Waals surface area contributed by atoms with Gasteiger partial charge in [0, 0.05) is 5.92 Å². The van der Waals surface area contributed by atoms with Crippen LogP contribution in [0.25, 0.3) is 0 Å². The van der Waals surface area contributed by atoms with Gasteiger partial charge in [0.25, 0.3) is 0 Å². The van der Waals surface area contributed by atoms with E-state index in [1.165, 1.54) is 12.1 Å². The van der Waals surface area contributed by atoms with Crippen molar-refractivity contribution in [3.63, 3.8) is 0 Å². The van der Waals surface area contributed by atoms with E-state index < -0.39 is 0 Å². The fourth-order valence-corrected chi connectivity index (χ4v) is 2.22. The van der Waals surface area contributed by atoms with Crippen molar-refractivity contribution in [2.24, 2.45) is 5.73 Å². The summed E-state index contributed by atoms with van der Waals surface area (Å²) < 4.78 is 18.2. The van der Waals surface area contributed by atoms with Crippen LogP contribution in [0, 0.1) is 5.82 Å². The van der Waals surface area contributed by atoms with Crippen LogP contribution in [0.1, 0.15) is 23.5 Å². The molecule has 100 valence electrons. The zero-order valence-corrected chi connectivity index (χ0v) is 11.0. The van der Waals surface area contributed by atoms with Crippen molar-refractivity contribution >= 4 is 0 Å². The predicted molar refractivity (Wildman–Crippen MR) is 74.9 cm³/mol. The zero-order valence-electron chi connectivity index (χ0n) is 11.0. The van der Waals surface area contributed by atoms with Gasteiger partial charge in [0.2, 0.25) is 0 Å². The standard InChI is InChI=1S/C16H18FNO/c1-19-15-8-4-13(5-9-15)16(10-11-18)12-2-6-14(17)7-3-12/h2-9,16H,10-11,18H2,1H3. The Kier molecular flexibility index (Phi) is 4.53. The van der Waals surface area contributed by atoms with Crippen LogP contribution in [0.3, 0.4) is 0 Å². The molecule has 0 fully saturated rings. The second kappa shape index (κ2) is 6.34. The van der Waals surface area contributed by atoms with E-state index in [2.05, 4.69) is 0 Å². The van der Waals surface area contributed by atoms with Gasteiger partial charge in [0.1, 0.15) is 11.6 Å². The van der Waals surface area contributed by atoms with Gasteiger partial charge in [-0.2, -0.15) is 0 Å². The summed E-state index contributed by atoms with van der Waals surface area (Å²) in [7, 11) is 1.65. The lowest BCUT2D eigenvalue weighted by atomic mass is 9.88. The number of hydrogen-bond donors (Lipinski definition) is 1. The molecule has 0 heterocycles. The minimum Gasteiger partial charge on any atom is -0.497 e. The number of rotatable bonds is 5. The van der Waals surface area contributed by atoms with Crippen molar-refractivity contribution in [1.82, 2.24) is 0 Å². The first-order chi connectivity index (χ1) is 9.24. The third-order valence-electron chi connectivity index (χ3n) is 3.25. The van der Waals surface area contributed by atoms with Crippen LogP contribution in [0.5, 0.6) is 5.75 Å². The van der Waals surface area contributed by atoms with Crippen molar-refractivity contribution in [2.45, 2.75) is 12.3 Å². The molecule has 2 N–H and O–H groups in total. The van der Waals surface area contributed by atoms with E-state index in [0.29, 0.717) is 6.54 Å². The van der Waals surface area contributed by atoms with Crippen molar-refractivity contribution in [2.75, 3.05) is 13.7 Å². The second-order valence-corrected chi connectivity index (χ2v) is 4.45. The van der Waals surface area contributed by atoms with Gasteiger partial charge in [-0.1, -0.05) is 24.3 Å². The van der Waals surface area contributed by atoms with E-state index in [9.17, 15) is 4.39 Å². The second-order valence-electron chi connectivity index (χ2n) is 4.45. The third-order valence-corrected chi connectivity index (χ3v) is 3.25. The van der Waals surface area contributed by atoms with E-state index in [0.717, 1.165) is 23.3 Å². The van der Waals surface area contributed by atoms with Crippen LogP contribution in [-0.4, -0.2) is 13.7 Å². The van der Waals surface area contributed by atoms with E-state index in [-0.39, 0.29) is 11.7 Å². The zero-order chi connectivity index (χ0) is 13.7. The van der Waals surface area contributed by atoms with Crippen LogP contribution < -0.4 is 10.5 Å². The fraction of sp³-hybridized carbons (Fsp3) is 0.250. The molecule has 0 aliphatic carbocycles. The predicted octanol–water partition coefficient (Wildman–Crippen LogP) is 3.32. The molecule has 0 amide bonds. The Hall–Kier alpha value is -1.87. The van der Waals surface area contributed by atoms with Crippen molar-refractivity contribution < 1.29 is 9.13 Å². The molecule has 0 aromatic heterocycles. The Morgan fingerprint density at radius 3 is 2.00 bits per heavy atom. The Balaban J connectivity index is 2.30. The van der Waals surface area contributed by atoms with Crippen molar-refractivity contribution in [3.8, 4) is 5.75 Å². The summed E-state index contributed by atoms with van der Waals surface area (Å²) in [5, 5.41) is 0. The highest BCUT2D eigenvalue weighted by molar-refractivity contribution is 5.36. The van der Waals surface area contributed by atoms with E-state index >= 15 is 0 Å². The van der Waals surface area contributed by atoms with Crippen molar-refractivity contribution in [3.05, 3.63) is 65.5 Å². The highest BCUT2D eigenvalue weighted by atomic mass is 19.1. The Morgan fingerprint density at radius 1 is 1.00 bits per heavy atom. The lowest BCUT2D eigenvalue weighted by Crippen LogP contribution is -2.09. The Morgan fingerprint density at radius 2 is 1.53 bits per heavy atom. The third kappa shape index (κ3) is 3.32. The number of nitrogens with two attached hydrogens (primary N) is 1. The average Bonchev–Trinajstić information content (AvgIpc) is 2.46. The molecule has 0 saturated carbocycles. The van der Waals surface area contributed by atoms with Gasteiger partial charge in [-0.15, -0.1) is 0 Å². The first kappa shape index (κ1) is 13.6. The molecule has 2 aromatic rings. The summed E-state index contributed by atoms with van der Waals surface area (Å²) in [6.07, 6.45) is 0.831. The highest BCUT2D eigenvalue weighted by Crippen LogP contribution is 2.29. The molecule has 2 aromatic carbocycles. The summed E-state index contributed by atoms with van der Waals surface area (Å²) in [6, 6.07) is 14.5. The lowest BCUT2D eigenvalue weighted by Gasteiger charge is -2.17. The van der Waals surface area contributed by atoms with E-state index in [4.69, 9.17) is 10.5 Å². The topological polar surface area (TPSA) is 35.2 Å². The maximum atomic E-state index is 13.0. The minimum atomic E-state index is -0.218. The number of methoxy groups -OCH3 is 1. The van der Waals surface area contributed by atoms with Crippen LogP contribution >= 0.6 is 0 Å². The maximum absolute atomic E-state index is 13.0. The van der Waals surface area contributed by atoms with E-state index in [1.54, 1.807) is 7.11 Å². The van der Waals surface area contributed by atoms with E-state index in [1.807, 2.05) is 36.4 Å². The Bertz CT molecular complexity index is 507. The molecular weight excluding hydrogens is 241 g/mol. The summed E-state index contributed by atoms with van der Waals surface area (Å²) in [4.78, 5) is 0. The summed E-state index contributed by atoms with van der Waals surface area (Å²) in [5.41, 5.74) is 7.94. The number of hydrogen-bond acceptors (Lipinski definition) is 2. The van der Waals surface area contributed by atoms with Crippen LogP contribution in [-0.2, 0) is 0 Å². The normalized spacial score (nSPS) is 12.2. The molecule has 1 atom stereocenters. The van der Waals surface area contributed by atoms with Crippen LogP contribution in [0.4, 0.5) is 4.39 Å². The molecule has 19 heavy (non-hydrogen) atoms. The van der Waals surface area contributed by atoms with Gasteiger partial charge in [-0.3, -0.25) is 0 Å². The molecule has 0 radical (unpaired) electrons. The molecule has 0 bridgehead atoms. The summed E-state index contributed by atoms with van der Waals surface area (Å²) in [6.45, 7) is 0.591.